The van der Waals surface area contributed by atoms with Crippen molar-refractivity contribution in [3.63, 3.8) is 0 Å². The maximum Gasteiger partial charge on any atom is 0.225 e. The second-order valence-corrected chi connectivity index (χ2v) is 19.4. The first-order valence-electron chi connectivity index (χ1n) is 20.7. The molecule has 0 amide bonds. The number of para-hydroxylation sites is 2. The summed E-state index contributed by atoms with van der Waals surface area (Å²) in [5.74, 6) is 2.14. The number of benzene rings is 6. The van der Waals surface area contributed by atoms with Crippen LogP contribution in [0.2, 0.25) is 0 Å². The van der Waals surface area contributed by atoms with Crippen LogP contribution in [-0.4, -0.2) is 9.55 Å². The van der Waals surface area contributed by atoms with E-state index in [9.17, 15) is 0 Å². The summed E-state index contributed by atoms with van der Waals surface area (Å²) in [5.41, 5.74) is 13.0. The first-order valence-corrected chi connectivity index (χ1v) is 20.7. The fourth-order valence-corrected chi connectivity index (χ4v) is 8.97. The average molecular weight is 967 g/mol. The average Bonchev–Trinajstić information content (AvgIpc) is 3.71. The Morgan fingerprint density at radius 2 is 1.20 bits per heavy atom. The van der Waals surface area contributed by atoms with Crippen LogP contribution in [-0.2, 0) is 37.3 Å². The first kappa shape index (κ1) is 40.1. The molecule has 4 heterocycles. The molecule has 60 heavy (non-hydrogen) atoms. The van der Waals surface area contributed by atoms with Crippen LogP contribution in [0.4, 0.5) is 22.7 Å². The third-order valence-electron chi connectivity index (χ3n) is 12.4. The van der Waals surface area contributed by atoms with Gasteiger partial charge in [0.25, 0.3) is 0 Å². The molecule has 1 fully saturated rings. The van der Waals surface area contributed by atoms with Gasteiger partial charge in [0.05, 0.1) is 5.69 Å². The molecule has 5 nitrogen and oxygen atoms in total. The molecule has 8 aromatic rings. The third-order valence-corrected chi connectivity index (χ3v) is 12.4. The van der Waals surface area contributed by atoms with E-state index in [0.717, 1.165) is 33.3 Å². The zero-order chi connectivity index (χ0) is 41.1. The molecule has 1 saturated heterocycles. The topological polar surface area (TPSA) is 27.1 Å². The van der Waals surface area contributed by atoms with Gasteiger partial charge in [-0.05, 0) is 67.6 Å². The van der Waals surface area contributed by atoms with E-state index < -0.39 is 0 Å². The number of fused-ring (bicyclic) bond motifs is 7. The SMILES string of the molecule is CC(C)(C)c1cc(-c2ccccc2)cc([N@+]23[CH-][N+]2(c2[c-]c(Oc4[c-]c5c(cc4)c4ccc(C(C)(C)C)cc4n5-c4cc(C(C)(C)C)ccn4)ccc2)c2ccccc23)c1.[Pt]. The quantitative estimate of drug-likeness (QED) is 0.0943. The molecule has 1 unspecified atom stereocenters. The summed E-state index contributed by atoms with van der Waals surface area (Å²) in [6, 6.07) is 55.7. The summed E-state index contributed by atoms with van der Waals surface area (Å²) >= 11 is 0. The summed E-state index contributed by atoms with van der Waals surface area (Å²) in [7, 11) is 0. The Kier molecular flexibility index (Phi) is 9.26. The molecule has 0 aliphatic carbocycles. The van der Waals surface area contributed by atoms with E-state index in [2.05, 4.69) is 207 Å². The number of hydrogen-bond donors (Lipinski definition) is 0. The van der Waals surface area contributed by atoms with Crippen LogP contribution in [0, 0.1) is 18.8 Å². The van der Waals surface area contributed by atoms with E-state index in [1.165, 1.54) is 44.9 Å². The molecule has 2 aliphatic rings. The van der Waals surface area contributed by atoms with Gasteiger partial charge in [-0.2, -0.15) is 16.7 Å². The van der Waals surface area contributed by atoms with E-state index in [1.54, 1.807) is 0 Å². The number of hydrogen-bond acceptors (Lipinski definition) is 2. The van der Waals surface area contributed by atoms with Crippen LogP contribution < -0.4 is 13.9 Å². The third kappa shape index (κ3) is 6.20. The molecule has 0 bridgehead atoms. The monoisotopic (exact) mass is 966 g/mol. The summed E-state index contributed by atoms with van der Waals surface area (Å²) in [6.45, 7) is 22.8. The van der Waals surface area contributed by atoms with Crippen molar-refractivity contribution in [2.45, 2.75) is 78.6 Å². The van der Waals surface area contributed by atoms with Crippen molar-refractivity contribution in [1.82, 2.24) is 18.7 Å². The Morgan fingerprint density at radius 1 is 0.550 bits per heavy atom. The molecular formula is C54H51N4OPt-. The second kappa shape index (κ2) is 13.9. The molecule has 0 N–H and O–H groups in total. The zero-order valence-electron chi connectivity index (χ0n) is 35.9. The zero-order valence-corrected chi connectivity index (χ0v) is 38.1. The Labute approximate surface area is 369 Å². The molecule has 6 heteroatoms. The Balaban J connectivity index is 0.00000462. The van der Waals surface area contributed by atoms with Crippen LogP contribution in [0.5, 0.6) is 11.5 Å². The van der Waals surface area contributed by atoms with E-state index in [-0.39, 0.29) is 37.3 Å². The van der Waals surface area contributed by atoms with Gasteiger partial charge < -0.3 is 9.30 Å². The molecule has 0 saturated carbocycles. The number of aromatic nitrogens is 2. The number of nitrogens with zero attached hydrogens (tertiary/aromatic N) is 4. The van der Waals surface area contributed by atoms with E-state index in [0.29, 0.717) is 20.7 Å². The summed E-state index contributed by atoms with van der Waals surface area (Å²) in [5, 5.41) is 2.27. The fraction of sp³-hybridized carbons (Fsp3) is 0.222. The van der Waals surface area contributed by atoms with Gasteiger partial charge in [0, 0.05) is 68.5 Å². The van der Waals surface area contributed by atoms with Crippen molar-refractivity contribution in [3.05, 3.63) is 175 Å². The molecular weight excluding hydrogens is 916 g/mol. The summed E-state index contributed by atoms with van der Waals surface area (Å²) < 4.78 is 10.1. The number of ether oxygens (including phenoxy) is 1. The number of pyridine rings is 1. The largest absolute Gasteiger partial charge is 0.509 e. The van der Waals surface area contributed by atoms with Crippen LogP contribution in [0.25, 0.3) is 38.8 Å². The van der Waals surface area contributed by atoms with Gasteiger partial charge >= 0.3 is 0 Å². The van der Waals surface area contributed by atoms with Gasteiger partial charge in [0.15, 0.2) is 12.4 Å². The smallest absolute Gasteiger partial charge is 0.225 e. The first-order chi connectivity index (χ1) is 28.1. The fourth-order valence-electron chi connectivity index (χ4n) is 8.97. The van der Waals surface area contributed by atoms with Crippen LogP contribution in [0.15, 0.2) is 140 Å². The molecule has 6 aromatic carbocycles. The Hall–Kier alpha value is -5.32. The molecule has 304 valence electrons. The number of quaternary nitrogens is 2. The minimum atomic E-state index is -0.0303. The van der Waals surface area contributed by atoms with Crippen molar-refractivity contribution < 1.29 is 25.8 Å². The van der Waals surface area contributed by atoms with Crippen LogP contribution in [0.3, 0.4) is 0 Å². The van der Waals surface area contributed by atoms with Crippen molar-refractivity contribution >= 4 is 44.6 Å². The predicted molar refractivity (Wildman–Crippen MR) is 244 cm³/mol. The van der Waals surface area contributed by atoms with Crippen molar-refractivity contribution in [2.75, 3.05) is 0 Å². The van der Waals surface area contributed by atoms with Crippen molar-refractivity contribution in [2.24, 2.45) is 0 Å². The van der Waals surface area contributed by atoms with Gasteiger partial charge in [-0.3, -0.25) is 0 Å². The minimum Gasteiger partial charge on any atom is -0.509 e. The van der Waals surface area contributed by atoms with Crippen LogP contribution in [0.1, 0.15) is 79.0 Å². The standard InChI is InChI=1S/C54H51N4O.Pt/c1-52(2,3)38-22-24-45-46-25-23-44(34-48(46)56(47(45)31-38)51-32-39(26-27-55-51)53(4,5)6)59-43-19-15-18-41(33-43)57-35-58(57,50-21-14-13-20-49(50)57)42-29-37(36-16-11-10-12-17-36)28-40(30-42)54(7,8)9;/h10-32,35H,1-9H3;/q-1;/t57?,58-;/m0./s1. The Bertz CT molecular complexity index is 2960. The maximum atomic E-state index is 6.74. The normalized spacial score (nSPS) is 18.4. The molecule has 2 aromatic heterocycles. The van der Waals surface area contributed by atoms with Gasteiger partial charge in [-0.25, -0.2) is 9.58 Å². The van der Waals surface area contributed by atoms with Crippen LogP contribution >= 0.6 is 0 Å². The molecule has 0 spiro atoms. The summed E-state index contributed by atoms with van der Waals surface area (Å²) in [6.07, 6.45) is 1.92. The predicted octanol–water partition coefficient (Wildman–Crippen LogP) is 14.5. The molecule has 2 aliphatic heterocycles. The molecule has 10 rings (SSSR count). The van der Waals surface area contributed by atoms with Gasteiger partial charge in [-0.1, -0.05) is 135 Å². The summed E-state index contributed by atoms with van der Waals surface area (Å²) in [4.78, 5) is 4.94. The van der Waals surface area contributed by atoms with E-state index in [4.69, 9.17) is 9.72 Å². The number of rotatable bonds is 6. The van der Waals surface area contributed by atoms with Crippen molar-refractivity contribution in [3.8, 4) is 28.4 Å². The van der Waals surface area contributed by atoms with Gasteiger partial charge in [0.1, 0.15) is 5.82 Å². The molecule has 0 radical (unpaired) electrons. The Morgan fingerprint density at radius 3 is 1.92 bits per heavy atom. The second-order valence-electron chi connectivity index (χ2n) is 19.4. The van der Waals surface area contributed by atoms with Gasteiger partial charge in [-0.15, -0.1) is 29.7 Å². The molecule has 2 atom stereocenters. The van der Waals surface area contributed by atoms with Crippen molar-refractivity contribution in [1.29, 1.82) is 0 Å². The maximum absolute atomic E-state index is 6.74. The van der Waals surface area contributed by atoms with Gasteiger partial charge in [0.2, 0.25) is 11.4 Å². The van der Waals surface area contributed by atoms with E-state index >= 15 is 0 Å². The minimum absolute atomic E-state index is 0. The van der Waals surface area contributed by atoms with E-state index in [1.807, 2.05) is 18.3 Å².